The maximum absolute atomic E-state index is 12.0. The molecule has 0 spiro atoms. The molecule has 1 fully saturated rings. The second-order valence-electron chi connectivity index (χ2n) is 5.72. The highest BCUT2D eigenvalue weighted by molar-refractivity contribution is 9.10. The smallest absolute Gasteiger partial charge is 0.323 e. The monoisotopic (exact) mass is 367 g/mol. The number of halogens is 1. The molecule has 0 amide bonds. The lowest BCUT2D eigenvalue weighted by atomic mass is 10.0. The number of benzene rings is 1. The van der Waals surface area contributed by atoms with Crippen LogP contribution < -0.4 is 5.32 Å². The quantitative estimate of drug-likeness (QED) is 0.620. The first kappa shape index (κ1) is 17.2. The Morgan fingerprint density at radius 1 is 1.50 bits per heavy atom. The molecule has 0 radical (unpaired) electrons. The lowest BCUT2D eigenvalue weighted by molar-refractivity contribution is -0.154. The van der Waals surface area contributed by atoms with E-state index in [1.807, 2.05) is 25.1 Å². The van der Waals surface area contributed by atoms with Crippen molar-refractivity contribution >= 4 is 28.2 Å². The summed E-state index contributed by atoms with van der Waals surface area (Å²) in [5, 5.41) is 3.14. The molecule has 1 unspecified atom stereocenters. The highest BCUT2D eigenvalue weighted by atomic mass is 79.9. The van der Waals surface area contributed by atoms with E-state index in [0.29, 0.717) is 12.8 Å². The molecule has 1 saturated heterocycles. The molecule has 1 aromatic carbocycles. The van der Waals surface area contributed by atoms with Gasteiger partial charge in [0.2, 0.25) is 0 Å². The summed E-state index contributed by atoms with van der Waals surface area (Å²) in [6, 6.07) is 5.81. The number of nitrogens with one attached hydrogen (secondary N) is 1. The molecule has 0 bridgehead atoms. The maximum Gasteiger partial charge on any atom is 0.323 e. The second kappa shape index (κ2) is 8.44. The highest BCUT2D eigenvalue weighted by Crippen LogP contribution is 2.18. The number of piperidine rings is 1. The van der Waals surface area contributed by atoms with Gasteiger partial charge in [-0.3, -0.25) is 9.59 Å². The zero-order chi connectivity index (χ0) is 15.9. The van der Waals surface area contributed by atoms with E-state index in [2.05, 4.69) is 21.2 Å². The summed E-state index contributed by atoms with van der Waals surface area (Å²) in [6.07, 6.45) is 4.18. The van der Waals surface area contributed by atoms with Crippen molar-refractivity contribution in [1.82, 2.24) is 5.32 Å². The third kappa shape index (κ3) is 4.92. The Morgan fingerprint density at radius 2 is 2.32 bits per heavy atom. The highest BCUT2D eigenvalue weighted by Gasteiger charge is 2.24. The van der Waals surface area contributed by atoms with Gasteiger partial charge in [0.15, 0.2) is 12.4 Å². The lowest BCUT2D eigenvalue weighted by Crippen LogP contribution is -2.43. The van der Waals surface area contributed by atoms with Gasteiger partial charge in [0.1, 0.15) is 6.04 Å². The molecule has 1 heterocycles. The number of carbonyl (C=O) groups is 2. The van der Waals surface area contributed by atoms with Gasteiger partial charge in [-0.15, -0.1) is 0 Å². The van der Waals surface area contributed by atoms with Gasteiger partial charge in [0.05, 0.1) is 0 Å². The molecule has 22 heavy (non-hydrogen) atoms. The summed E-state index contributed by atoms with van der Waals surface area (Å²) in [5.74, 6) is -0.303. The Hall–Kier alpha value is -1.20. The van der Waals surface area contributed by atoms with Gasteiger partial charge >= 0.3 is 5.97 Å². The van der Waals surface area contributed by atoms with Gasteiger partial charge < -0.3 is 10.1 Å². The first-order valence-corrected chi connectivity index (χ1v) is 8.53. The minimum absolute atomic E-state index is 0.260. The summed E-state index contributed by atoms with van der Waals surface area (Å²) in [4.78, 5) is 23.2. The molecule has 1 aliphatic heterocycles. The molecule has 1 N–H and O–H groups in total. The zero-order valence-corrected chi connectivity index (χ0v) is 14.4. The molecule has 5 heteroatoms. The van der Waals surface area contributed by atoms with Gasteiger partial charge in [-0.25, -0.2) is 0 Å². The molecular formula is C17H22BrNO3. The van der Waals surface area contributed by atoms with Crippen molar-refractivity contribution in [1.29, 1.82) is 0 Å². The Kier molecular flexibility index (Phi) is 6.58. The Balaban J connectivity index is 1.87. The van der Waals surface area contributed by atoms with Crippen molar-refractivity contribution in [3.05, 3.63) is 33.8 Å². The van der Waals surface area contributed by atoms with Gasteiger partial charge in [0.25, 0.3) is 0 Å². The Morgan fingerprint density at radius 3 is 3.00 bits per heavy atom. The fraction of sp³-hybridized carbons (Fsp3) is 0.529. The molecule has 0 aromatic heterocycles. The number of rotatable bonds is 6. The maximum atomic E-state index is 12.0. The largest absolute Gasteiger partial charge is 0.453 e. The fourth-order valence-electron chi connectivity index (χ4n) is 2.65. The van der Waals surface area contributed by atoms with E-state index in [0.717, 1.165) is 42.1 Å². The fourth-order valence-corrected chi connectivity index (χ4v) is 3.05. The van der Waals surface area contributed by atoms with Crippen molar-refractivity contribution in [2.24, 2.45) is 0 Å². The number of aldehydes is 1. The summed E-state index contributed by atoms with van der Waals surface area (Å²) >= 11 is 3.45. The van der Waals surface area contributed by atoms with Crippen LogP contribution in [0.5, 0.6) is 0 Å². The van der Waals surface area contributed by atoms with Crippen LogP contribution in [-0.4, -0.2) is 30.9 Å². The van der Waals surface area contributed by atoms with E-state index >= 15 is 0 Å². The number of esters is 1. The molecule has 4 nitrogen and oxygen atoms in total. The summed E-state index contributed by atoms with van der Waals surface area (Å²) in [5.41, 5.74) is 2.33. The van der Waals surface area contributed by atoms with Crippen molar-refractivity contribution < 1.29 is 14.3 Å². The predicted molar refractivity (Wildman–Crippen MR) is 88.8 cm³/mol. The first-order chi connectivity index (χ1) is 10.6. The van der Waals surface area contributed by atoms with E-state index in [9.17, 15) is 9.59 Å². The average Bonchev–Trinajstić information content (AvgIpc) is 2.55. The van der Waals surface area contributed by atoms with Crippen LogP contribution in [0.2, 0.25) is 0 Å². The van der Waals surface area contributed by atoms with Crippen molar-refractivity contribution in [3.8, 4) is 0 Å². The number of hydrogen-bond acceptors (Lipinski definition) is 4. The summed E-state index contributed by atoms with van der Waals surface area (Å²) in [6.45, 7) is 2.87. The van der Waals surface area contributed by atoms with E-state index in [-0.39, 0.29) is 12.0 Å². The molecule has 1 aliphatic rings. The third-order valence-electron chi connectivity index (χ3n) is 4.02. The Bertz CT molecular complexity index is 527. The summed E-state index contributed by atoms with van der Waals surface area (Å²) < 4.78 is 6.36. The van der Waals surface area contributed by atoms with Gasteiger partial charge in [-0.05, 0) is 62.4 Å². The number of carbonyl (C=O) groups excluding carboxylic acids is 2. The number of aryl methyl sites for hydroxylation is 2. The van der Waals surface area contributed by atoms with E-state index in [1.165, 1.54) is 5.56 Å². The van der Waals surface area contributed by atoms with Gasteiger partial charge in [0, 0.05) is 4.47 Å². The Labute approximate surface area is 139 Å². The topological polar surface area (TPSA) is 55.4 Å². The molecule has 1 aromatic rings. The van der Waals surface area contributed by atoms with Crippen molar-refractivity contribution in [2.45, 2.75) is 51.2 Å². The van der Waals surface area contributed by atoms with Crippen molar-refractivity contribution in [2.75, 3.05) is 6.54 Å². The van der Waals surface area contributed by atoms with Gasteiger partial charge in [-0.2, -0.15) is 0 Å². The van der Waals surface area contributed by atoms with Crippen LogP contribution in [0.15, 0.2) is 22.7 Å². The van der Waals surface area contributed by atoms with Crippen LogP contribution in [0, 0.1) is 6.92 Å². The van der Waals surface area contributed by atoms with Crippen LogP contribution in [0.4, 0.5) is 0 Å². The molecule has 2 rings (SSSR count). The molecule has 2 atom stereocenters. The normalized spacial score (nSPS) is 19.5. The first-order valence-electron chi connectivity index (χ1n) is 7.74. The molecule has 0 saturated carbocycles. The van der Waals surface area contributed by atoms with Crippen LogP contribution in [0.1, 0.15) is 36.8 Å². The number of hydrogen-bond donors (Lipinski definition) is 1. The molecule has 0 aliphatic carbocycles. The van der Waals surface area contributed by atoms with E-state index in [4.69, 9.17) is 4.74 Å². The SMILES string of the molecule is Cc1ccc(Br)cc1CCC(C=O)OC(=O)[C@@H]1CCCCN1. The van der Waals surface area contributed by atoms with Crippen LogP contribution >= 0.6 is 15.9 Å². The van der Waals surface area contributed by atoms with E-state index in [1.54, 1.807) is 0 Å². The third-order valence-corrected chi connectivity index (χ3v) is 4.52. The predicted octanol–water partition coefficient (Wildman–Crippen LogP) is 2.94. The minimum Gasteiger partial charge on any atom is -0.453 e. The van der Waals surface area contributed by atoms with Crippen LogP contribution in [-0.2, 0) is 20.7 Å². The average molecular weight is 368 g/mol. The minimum atomic E-state index is -0.672. The summed E-state index contributed by atoms with van der Waals surface area (Å²) in [7, 11) is 0. The standard InChI is InChI=1S/C17H22BrNO3/c1-12-5-7-14(18)10-13(12)6-8-15(11-20)22-17(21)16-4-2-3-9-19-16/h5,7,10-11,15-16,19H,2-4,6,8-9H2,1H3/t15?,16-/m0/s1. The van der Waals surface area contributed by atoms with Crippen molar-refractivity contribution in [3.63, 3.8) is 0 Å². The van der Waals surface area contributed by atoms with E-state index < -0.39 is 6.10 Å². The van der Waals surface area contributed by atoms with Crippen LogP contribution in [0.3, 0.4) is 0 Å². The molecular weight excluding hydrogens is 346 g/mol. The lowest BCUT2D eigenvalue weighted by Gasteiger charge is -2.23. The van der Waals surface area contributed by atoms with Gasteiger partial charge in [-0.1, -0.05) is 28.4 Å². The zero-order valence-electron chi connectivity index (χ0n) is 12.8. The van der Waals surface area contributed by atoms with Crippen LogP contribution in [0.25, 0.3) is 0 Å². The number of ether oxygens (including phenoxy) is 1. The second-order valence-corrected chi connectivity index (χ2v) is 6.64. The molecule has 120 valence electrons.